The molecule has 0 aliphatic carbocycles. The first kappa shape index (κ1) is 24.1. The van der Waals surface area contributed by atoms with Gasteiger partial charge in [0.15, 0.2) is 0 Å². The average molecular weight is 481 g/mol. The van der Waals surface area contributed by atoms with E-state index in [9.17, 15) is 9.90 Å². The maximum atomic E-state index is 13.1. The van der Waals surface area contributed by atoms with E-state index in [1.807, 2.05) is 84.8 Å². The summed E-state index contributed by atoms with van der Waals surface area (Å²) in [5, 5.41) is 13.2. The van der Waals surface area contributed by atoms with Crippen LogP contribution in [0.1, 0.15) is 41.1 Å². The molecule has 2 aliphatic rings. The van der Waals surface area contributed by atoms with E-state index in [2.05, 4.69) is 22.1 Å². The van der Waals surface area contributed by atoms with Crippen LogP contribution in [-0.2, 0) is 0 Å². The van der Waals surface area contributed by atoms with Gasteiger partial charge in [0.1, 0.15) is 0 Å². The summed E-state index contributed by atoms with van der Waals surface area (Å²) in [5.41, 5.74) is 4.73. The molecule has 5 rings (SSSR count). The number of nitrogens with one attached hydrogen (secondary N) is 1. The largest absolute Gasteiger partial charge is 0.395 e. The fraction of sp³-hybridized carbons (Fsp3) is 0.333. The summed E-state index contributed by atoms with van der Waals surface area (Å²) < 4.78 is 0. The van der Waals surface area contributed by atoms with Crippen molar-refractivity contribution in [2.45, 2.75) is 37.8 Å². The van der Waals surface area contributed by atoms with Crippen LogP contribution in [0.25, 0.3) is 0 Å². The highest BCUT2D eigenvalue weighted by molar-refractivity contribution is 5.89. The second-order valence-corrected chi connectivity index (χ2v) is 9.62. The van der Waals surface area contributed by atoms with Gasteiger partial charge in [-0.2, -0.15) is 0 Å². The van der Waals surface area contributed by atoms with Crippen LogP contribution >= 0.6 is 0 Å². The average Bonchev–Trinajstić information content (AvgIpc) is 2.89. The van der Waals surface area contributed by atoms with Crippen molar-refractivity contribution in [1.29, 1.82) is 0 Å². The highest BCUT2D eigenvalue weighted by Crippen LogP contribution is 2.41. The molecule has 0 spiro atoms. The van der Waals surface area contributed by atoms with E-state index in [4.69, 9.17) is 4.98 Å². The number of aliphatic hydroxyl groups excluding tert-OH is 1. The number of fused-ring (bicyclic) bond motifs is 1. The zero-order valence-electron chi connectivity index (χ0n) is 20.6. The highest BCUT2D eigenvalue weighted by atomic mass is 16.3. The number of urea groups is 1. The minimum absolute atomic E-state index is 0.0175. The minimum atomic E-state index is -0.0774. The molecular weight excluding hydrogens is 448 g/mol. The van der Waals surface area contributed by atoms with Crippen LogP contribution in [0.15, 0.2) is 72.9 Å². The quantitative estimate of drug-likeness (QED) is 0.550. The predicted octanol–water partition coefficient (Wildman–Crippen LogP) is 4.25. The molecule has 36 heavy (non-hydrogen) atoms. The van der Waals surface area contributed by atoms with Crippen LogP contribution < -0.4 is 5.32 Å². The van der Waals surface area contributed by atoms with Crippen molar-refractivity contribution in [3.63, 3.8) is 0 Å². The summed E-state index contributed by atoms with van der Waals surface area (Å²) in [6, 6.07) is 21.8. The summed E-state index contributed by atoms with van der Waals surface area (Å²) in [6.45, 7) is 4.37. The normalized spacial score (nSPS) is 21.7. The number of hydrogen-bond donors (Lipinski definition) is 2. The van der Waals surface area contributed by atoms with Gasteiger partial charge in [0.25, 0.3) is 0 Å². The molecular formula is C30H32N4O2. The fourth-order valence-corrected chi connectivity index (χ4v) is 5.26. The topological polar surface area (TPSA) is 68.7 Å². The van der Waals surface area contributed by atoms with Gasteiger partial charge < -0.3 is 15.3 Å². The third-order valence-electron chi connectivity index (χ3n) is 7.21. The number of carbonyl (C=O) groups is 1. The number of amides is 2. The Labute approximate surface area is 213 Å². The van der Waals surface area contributed by atoms with Crippen molar-refractivity contribution < 1.29 is 9.90 Å². The molecule has 2 saturated heterocycles. The van der Waals surface area contributed by atoms with Crippen molar-refractivity contribution in [2.75, 3.05) is 31.6 Å². The Morgan fingerprint density at radius 1 is 1.00 bits per heavy atom. The first-order valence-electron chi connectivity index (χ1n) is 12.6. The van der Waals surface area contributed by atoms with E-state index < -0.39 is 0 Å². The SMILES string of the molecule is Cc1ccc(NC(=O)N2CCCCN3[C@H](CO)[C@H](c4ccc(C#Cc5ccccc5)cn4)[C@@H]3C2)cc1. The molecule has 0 bridgehead atoms. The molecule has 184 valence electrons. The Balaban J connectivity index is 1.31. The second-order valence-electron chi connectivity index (χ2n) is 9.62. The lowest BCUT2D eigenvalue weighted by Crippen LogP contribution is -2.68. The third kappa shape index (κ3) is 5.28. The van der Waals surface area contributed by atoms with Crippen molar-refractivity contribution in [1.82, 2.24) is 14.8 Å². The van der Waals surface area contributed by atoms with Gasteiger partial charge in [-0.3, -0.25) is 9.88 Å². The fourth-order valence-electron chi connectivity index (χ4n) is 5.26. The Kier molecular flexibility index (Phi) is 7.31. The summed E-state index contributed by atoms with van der Waals surface area (Å²) in [6.07, 6.45) is 3.75. The molecule has 3 atom stereocenters. The smallest absolute Gasteiger partial charge is 0.321 e. The first-order chi connectivity index (χ1) is 17.6. The Bertz CT molecular complexity index is 1230. The van der Waals surface area contributed by atoms with Gasteiger partial charge in [0.05, 0.1) is 6.61 Å². The summed E-state index contributed by atoms with van der Waals surface area (Å²) in [4.78, 5) is 22.1. The van der Waals surface area contributed by atoms with Gasteiger partial charge in [0.2, 0.25) is 0 Å². The Morgan fingerprint density at radius 2 is 1.75 bits per heavy atom. The Morgan fingerprint density at radius 3 is 2.47 bits per heavy atom. The molecule has 2 N–H and O–H groups in total. The van der Waals surface area contributed by atoms with Gasteiger partial charge in [-0.15, -0.1) is 0 Å². The summed E-state index contributed by atoms with van der Waals surface area (Å²) >= 11 is 0. The molecule has 0 unspecified atom stereocenters. The van der Waals surface area contributed by atoms with E-state index >= 15 is 0 Å². The maximum absolute atomic E-state index is 13.1. The molecule has 2 aliphatic heterocycles. The molecule has 2 amide bonds. The zero-order valence-corrected chi connectivity index (χ0v) is 20.6. The number of carbonyl (C=O) groups excluding carboxylic acids is 1. The van der Waals surface area contributed by atoms with Crippen molar-refractivity contribution in [2.24, 2.45) is 0 Å². The van der Waals surface area contributed by atoms with E-state index in [0.717, 1.165) is 54.0 Å². The third-order valence-corrected chi connectivity index (χ3v) is 7.21. The van der Waals surface area contributed by atoms with Crippen molar-refractivity contribution >= 4 is 11.7 Å². The number of aliphatic hydroxyl groups is 1. The van der Waals surface area contributed by atoms with E-state index in [1.165, 1.54) is 0 Å². The van der Waals surface area contributed by atoms with Crippen molar-refractivity contribution in [3.8, 4) is 11.8 Å². The van der Waals surface area contributed by atoms with Gasteiger partial charge in [-0.25, -0.2) is 4.79 Å². The number of aromatic nitrogens is 1. The molecule has 6 heteroatoms. The van der Waals surface area contributed by atoms with Crippen molar-refractivity contribution in [3.05, 3.63) is 95.3 Å². The minimum Gasteiger partial charge on any atom is -0.395 e. The molecule has 0 radical (unpaired) electrons. The van der Waals surface area contributed by atoms with Crippen LogP contribution in [0.3, 0.4) is 0 Å². The number of hydrogen-bond acceptors (Lipinski definition) is 4. The molecule has 0 saturated carbocycles. The molecule has 3 aromatic rings. The summed E-state index contributed by atoms with van der Waals surface area (Å²) in [7, 11) is 0. The number of anilines is 1. The first-order valence-corrected chi connectivity index (χ1v) is 12.6. The number of benzene rings is 2. The number of rotatable bonds is 3. The second kappa shape index (κ2) is 10.9. The molecule has 6 nitrogen and oxygen atoms in total. The van der Waals surface area contributed by atoms with Gasteiger partial charge >= 0.3 is 6.03 Å². The van der Waals surface area contributed by atoms with Gasteiger partial charge in [0, 0.05) is 59.8 Å². The number of aryl methyl sites for hydroxylation is 1. The predicted molar refractivity (Wildman–Crippen MR) is 142 cm³/mol. The van der Waals surface area contributed by atoms with Gasteiger partial charge in [-0.1, -0.05) is 47.7 Å². The lowest BCUT2D eigenvalue weighted by molar-refractivity contribution is -0.0599. The highest BCUT2D eigenvalue weighted by Gasteiger charge is 2.50. The van der Waals surface area contributed by atoms with Crippen LogP contribution in [0.2, 0.25) is 0 Å². The van der Waals surface area contributed by atoms with E-state index in [1.54, 1.807) is 0 Å². The maximum Gasteiger partial charge on any atom is 0.321 e. The van der Waals surface area contributed by atoms with Crippen LogP contribution in [0, 0.1) is 18.8 Å². The number of nitrogens with zero attached hydrogens (tertiary/aromatic N) is 3. The van der Waals surface area contributed by atoms with Crippen LogP contribution in [0.5, 0.6) is 0 Å². The lowest BCUT2D eigenvalue weighted by Gasteiger charge is -2.56. The zero-order chi connectivity index (χ0) is 24.9. The molecule has 3 heterocycles. The molecule has 1 aromatic heterocycles. The van der Waals surface area contributed by atoms with Gasteiger partial charge in [-0.05, 0) is 62.7 Å². The monoisotopic (exact) mass is 480 g/mol. The number of pyridine rings is 1. The molecule has 2 fully saturated rings. The summed E-state index contributed by atoms with van der Waals surface area (Å²) in [5.74, 6) is 6.42. The molecule has 2 aromatic carbocycles. The van der Waals surface area contributed by atoms with E-state index in [0.29, 0.717) is 6.54 Å². The van der Waals surface area contributed by atoms with E-state index in [-0.39, 0.29) is 30.6 Å². The van der Waals surface area contributed by atoms with Crippen LogP contribution in [-0.4, -0.2) is 64.2 Å². The Hall–Kier alpha value is -3.66. The van der Waals surface area contributed by atoms with Crippen LogP contribution in [0.4, 0.5) is 10.5 Å². The lowest BCUT2D eigenvalue weighted by atomic mass is 9.76. The standard InChI is InChI=1S/C30H32N4O2/c1-22-9-14-25(15-10-22)32-30(36)33-17-5-6-18-34-27(20-33)29(28(34)21-35)26-16-13-24(19-31-26)12-11-23-7-3-2-4-8-23/h2-4,7-10,13-16,19,27-29,35H,5-6,17-18,20-21H2,1H3,(H,32,36)/t27-,28+,29+/m0/s1.